The Kier molecular flexibility index (Phi) is 3.48. The van der Waals surface area contributed by atoms with E-state index >= 15 is 0 Å². The van der Waals surface area contributed by atoms with Crippen LogP contribution in [0.5, 0.6) is 0 Å². The molecule has 1 amide bonds. The van der Waals surface area contributed by atoms with Crippen molar-refractivity contribution in [2.24, 2.45) is 0 Å². The molecular weight excluding hydrogens is 316 g/mol. The van der Waals surface area contributed by atoms with Gasteiger partial charge in [-0.2, -0.15) is 0 Å². The second-order valence-electron chi connectivity index (χ2n) is 7.65. The van der Waals surface area contributed by atoms with Gasteiger partial charge in [-0.15, -0.1) is 0 Å². The minimum Gasteiger partial charge on any atom is -0.338 e. The molecule has 1 aliphatic carbocycles. The van der Waals surface area contributed by atoms with Gasteiger partial charge in [0.25, 0.3) is 0 Å². The van der Waals surface area contributed by atoms with Crippen molar-refractivity contribution in [2.45, 2.75) is 50.2 Å². The van der Waals surface area contributed by atoms with E-state index in [1.54, 1.807) is 0 Å². The Bertz CT molecular complexity index is 858. The number of amides is 1. The van der Waals surface area contributed by atoms with Gasteiger partial charge in [-0.3, -0.25) is 14.3 Å². The molecule has 2 saturated heterocycles. The van der Waals surface area contributed by atoms with Gasteiger partial charge in [-0.05, 0) is 44.2 Å². The highest BCUT2D eigenvalue weighted by Gasteiger charge is 2.43. The van der Waals surface area contributed by atoms with Gasteiger partial charge < -0.3 is 9.88 Å². The van der Waals surface area contributed by atoms with Crippen LogP contribution in [0.25, 0.3) is 11.0 Å². The predicted octanol–water partition coefficient (Wildman–Crippen LogP) is 1.73. The van der Waals surface area contributed by atoms with E-state index in [1.807, 2.05) is 28.8 Å². The average Bonchev–Trinajstić information content (AvgIpc) is 3.31. The van der Waals surface area contributed by atoms with Crippen molar-refractivity contribution in [1.82, 2.24) is 19.4 Å². The Morgan fingerprint density at radius 1 is 0.880 bits per heavy atom. The van der Waals surface area contributed by atoms with Crippen LogP contribution in [-0.4, -0.2) is 57.0 Å². The zero-order valence-corrected chi connectivity index (χ0v) is 14.4. The number of imidazole rings is 1. The Balaban J connectivity index is 1.30. The fraction of sp³-hybridized carbons (Fsp3) is 0.579. The number of H-pyrrole nitrogens is 1. The molecule has 2 aliphatic heterocycles. The summed E-state index contributed by atoms with van der Waals surface area (Å²) in [6.07, 6.45) is 5.19. The molecule has 3 fully saturated rings. The number of hydrogen-bond donors (Lipinski definition) is 1. The first-order valence-electron chi connectivity index (χ1n) is 9.46. The van der Waals surface area contributed by atoms with E-state index in [0.717, 1.165) is 49.9 Å². The highest BCUT2D eigenvalue weighted by atomic mass is 16.2. The number of hydrogen-bond acceptors (Lipinski definition) is 3. The van der Waals surface area contributed by atoms with Crippen LogP contribution in [0.15, 0.2) is 29.1 Å². The Labute approximate surface area is 146 Å². The third-order valence-electron chi connectivity index (χ3n) is 6.13. The first-order chi connectivity index (χ1) is 12.2. The number of carbonyl (C=O) groups is 1. The second-order valence-corrected chi connectivity index (χ2v) is 7.65. The van der Waals surface area contributed by atoms with Crippen LogP contribution in [0.2, 0.25) is 0 Å². The Hall–Kier alpha value is -2.08. The first kappa shape index (κ1) is 15.2. The van der Waals surface area contributed by atoms with Gasteiger partial charge in [0.2, 0.25) is 5.91 Å². The summed E-state index contributed by atoms with van der Waals surface area (Å²) < 4.78 is 1.92. The number of benzene rings is 1. The summed E-state index contributed by atoms with van der Waals surface area (Å²) in [6, 6.07) is 8.70. The van der Waals surface area contributed by atoms with Crippen LogP contribution in [0.4, 0.5) is 0 Å². The normalized spacial score (nSPS) is 26.0. The quantitative estimate of drug-likeness (QED) is 0.926. The second kappa shape index (κ2) is 5.73. The van der Waals surface area contributed by atoms with E-state index in [1.165, 1.54) is 12.8 Å². The lowest BCUT2D eigenvalue weighted by atomic mass is 10.0. The van der Waals surface area contributed by atoms with E-state index in [-0.39, 0.29) is 17.8 Å². The van der Waals surface area contributed by atoms with Gasteiger partial charge in [-0.1, -0.05) is 12.1 Å². The van der Waals surface area contributed by atoms with Crippen molar-refractivity contribution in [1.29, 1.82) is 0 Å². The maximum atomic E-state index is 12.6. The molecule has 1 aromatic carbocycles. The molecule has 3 heterocycles. The largest absolute Gasteiger partial charge is 0.338 e. The highest BCUT2D eigenvalue weighted by Crippen LogP contribution is 2.34. The molecule has 3 aliphatic rings. The van der Waals surface area contributed by atoms with E-state index in [2.05, 4.69) is 14.8 Å². The summed E-state index contributed by atoms with van der Waals surface area (Å²) in [4.78, 5) is 32.4. The minimum atomic E-state index is -0.0171. The molecule has 132 valence electrons. The lowest BCUT2D eigenvalue weighted by Crippen LogP contribution is -2.46. The lowest BCUT2D eigenvalue weighted by Gasteiger charge is -2.35. The molecule has 1 aromatic heterocycles. The molecule has 1 unspecified atom stereocenters. The van der Waals surface area contributed by atoms with Crippen molar-refractivity contribution in [3.63, 3.8) is 0 Å². The van der Waals surface area contributed by atoms with E-state index in [9.17, 15) is 9.59 Å². The van der Waals surface area contributed by atoms with Crippen LogP contribution in [0.3, 0.4) is 0 Å². The SMILES string of the molecule is O=C1C(N2CCC(n3c(=O)[nH]c4ccccc43)CC2)CCN1C1CC1. The van der Waals surface area contributed by atoms with Gasteiger partial charge >= 0.3 is 5.69 Å². The minimum absolute atomic E-state index is 0.0171. The molecule has 6 nitrogen and oxygen atoms in total. The smallest absolute Gasteiger partial charge is 0.326 e. The number of aromatic amines is 1. The van der Waals surface area contributed by atoms with E-state index in [4.69, 9.17) is 0 Å². The van der Waals surface area contributed by atoms with Gasteiger partial charge in [0, 0.05) is 31.7 Å². The summed E-state index contributed by atoms with van der Waals surface area (Å²) >= 11 is 0. The molecule has 0 spiro atoms. The molecule has 25 heavy (non-hydrogen) atoms. The standard InChI is InChI=1S/C19H24N4O2/c24-18-17(9-12-22(18)13-5-6-13)21-10-7-14(8-11-21)23-16-4-2-1-3-15(16)20-19(23)25/h1-4,13-14,17H,5-12H2,(H,20,25). The van der Waals surface area contributed by atoms with Crippen molar-refractivity contribution >= 4 is 16.9 Å². The molecule has 2 aromatic rings. The monoisotopic (exact) mass is 340 g/mol. The average molecular weight is 340 g/mol. The summed E-state index contributed by atoms with van der Waals surface area (Å²) in [6.45, 7) is 2.72. The number of nitrogens with zero attached hydrogens (tertiary/aromatic N) is 3. The predicted molar refractivity (Wildman–Crippen MR) is 95.5 cm³/mol. The molecule has 1 N–H and O–H groups in total. The molecule has 1 atom stereocenters. The number of rotatable bonds is 3. The van der Waals surface area contributed by atoms with Gasteiger partial charge in [-0.25, -0.2) is 4.79 Å². The molecule has 6 heteroatoms. The van der Waals surface area contributed by atoms with Crippen LogP contribution in [-0.2, 0) is 4.79 Å². The maximum absolute atomic E-state index is 12.6. The summed E-state index contributed by atoms with van der Waals surface area (Å²) in [5.74, 6) is 0.338. The van der Waals surface area contributed by atoms with Gasteiger partial charge in [0.15, 0.2) is 0 Å². The first-order valence-corrected chi connectivity index (χ1v) is 9.46. The highest BCUT2D eigenvalue weighted by molar-refractivity contribution is 5.84. The van der Waals surface area contributed by atoms with E-state index < -0.39 is 0 Å². The number of aromatic nitrogens is 2. The fourth-order valence-corrected chi connectivity index (χ4v) is 4.67. The summed E-state index contributed by atoms with van der Waals surface area (Å²) in [5.41, 5.74) is 1.88. The zero-order valence-electron chi connectivity index (χ0n) is 14.4. The number of piperidine rings is 1. The fourth-order valence-electron chi connectivity index (χ4n) is 4.67. The Morgan fingerprint density at radius 2 is 1.64 bits per heavy atom. The lowest BCUT2D eigenvalue weighted by molar-refractivity contribution is -0.133. The number of carbonyl (C=O) groups excluding carboxylic acids is 1. The van der Waals surface area contributed by atoms with Crippen molar-refractivity contribution in [2.75, 3.05) is 19.6 Å². The zero-order chi connectivity index (χ0) is 17.0. The third kappa shape index (κ3) is 2.51. The number of likely N-dealkylation sites (tertiary alicyclic amines) is 2. The molecule has 1 saturated carbocycles. The summed E-state index contributed by atoms with van der Waals surface area (Å²) in [5, 5.41) is 0. The van der Waals surface area contributed by atoms with Crippen LogP contribution < -0.4 is 5.69 Å². The third-order valence-corrected chi connectivity index (χ3v) is 6.13. The molecular formula is C19H24N4O2. The van der Waals surface area contributed by atoms with Crippen molar-refractivity contribution < 1.29 is 4.79 Å². The number of fused-ring (bicyclic) bond motifs is 1. The summed E-state index contributed by atoms with van der Waals surface area (Å²) in [7, 11) is 0. The van der Waals surface area contributed by atoms with Crippen molar-refractivity contribution in [3.05, 3.63) is 34.7 Å². The van der Waals surface area contributed by atoms with Crippen LogP contribution >= 0.6 is 0 Å². The van der Waals surface area contributed by atoms with Gasteiger partial charge in [0.05, 0.1) is 17.1 Å². The molecule has 5 rings (SSSR count). The Morgan fingerprint density at radius 3 is 2.40 bits per heavy atom. The topological polar surface area (TPSA) is 61.3 Å². The number of para-hydroxylation sites is 2. The van der Waals surface area contributed by atoms with E-state index in [0.29, 0.717) is 11.9 Å². The van der Waals surface area contributed by atoms with Gasteiger partial charge in [0.1, 0.15) is 0 Å². The van der Waals surface area contributed by atoms with Crippen molar-refractivity contribution in [3.8, 4) is 0 Å². The number of nitrogens with one attached hydrogen (secondary N) is 1. The molecule has 0 radical (unpaired) electrons. The van der Waals surface area contributed by atoms with Crippen LogP contribution in [0, 0.1) is 0 Å². The maximum Gasteiger partial charge on any atom is 0.326 e. The molecule has 0 bridgehead atoms. The van der Waals surface area contributed by atoms with Crippen LogP contribution in [0.1, 0.15) is 38.1 Å².